The van der Waals surface area contributed by atoms with Crippen LogP contribution in [0.25, 0.3) is 0 Å². The highest BCUT2D eigenvalue weighted by atomic mass is 19.4. The van der Waals surface area contributed by atoms with Gasteiger partial charge in [-0.3, -0.25) is 14.5 Å². The number of hydrogen-bond donors (Lipinski definition) is 2. The summed E-state index contributed by atoms with van der Waals surface area (Å²) in [5.41, 5.74) is -3.89. The first kappa shape index (κ1) is 16.7. The molecule has 130 valence electrons. The Balaban J connectivity index is 1.78. The molecule has 1 saturated heterocycles. The minimum atomic E-state index is -4.79. The number of piperidine rings is 1. The number of carboxylic acids is 2. The van der Waals surface area contributed by atoms with Gasteiger partial charge in [0.1, 0.15) is 5.82 Å². The van der Waals surface area contributed by atoms with E-state index in [0.717, 1.165) is 12.1 Å². The molecular formula is C15H13F4NO4. The third-order valence-corrected chi connectivity index (χ3v) is 4.95. The maximum absolute atomic E-state index is 13.6. The number of aliphatic carboxylic acids is 2. The van der Waals surface area contributed by atoms with Gasteiger partial charge < -0.3 is 10.2 Å². The third kappa shape index (κ3) is 2.26. The summed E-state index contributed by atoms with van der Waals surface area (Å²) in [5, 5.41) is 18.6. The fourth-order valence-corrected chi connectivity index (χ4v) is 3.66. The summed E-state index contributed by atoms with van der Waals surface area (Å²) < 4.78 is 51.2. The Morgan fingerprint density at radius 3 is 2.08 bits per heavy atom. The topological polar surface area (TPSA) is 77.8 Å². The molecule has 24 heavy (non-hydrogen) atoms. The van der Waals surface area contributed by atoms with Crippen molar-refractivity contribution in [1.29, 1.82) is 0 Å². The second-order valence-electron chi connectivity index (χ2n) is 6.41. The summed E-state index contributed by atoms with van der Waals surface area (Å²) in [6, 6.07) is 2.48. The van der Waals surface area contributed by atoms with Crippen molar-refractivity contribution in [1.82, 2.24) is 4.90 Å². The molecule has 1 aliphatic carbocycles. The van der Waals surface area contributed by atoms with Gasteiger partial charge in [-0.15, -0.1) is 0 Å². The van der Waals surface area contributed by atoms with Crippen molar-refractivity contribution >= 4 is 11.9 Å². The molecule has 0 bridgehead atoms. The monoisotopic (exact) mass is 347 g/mol. The maximum Gasteiger partial charge on any atom is 0.419 e. The van der Waals surface area contributed by atoms with E-state index in [-0.39, 0.29) is 31.6 Å². The van der Waals surface area contributed by atoms with Crippen LogP contribution in [0.3, 0.4) is 0 Å². The predicted molar refractivity (Wildman–Crippen MR) is 71.4 cm³/mol. The Morgan fingerprint density at radius 2 is 1.67 bits per heavy atom. The van der Waals surface area contributed by atoms with Crippen LogP contribution in [-0.4, -0.2) is 40.1 Å². The molecule has 1 aromatic carbocycles. The lowest BCUT2D eigenvalue weighted by Gasteiger charge is -2.20. The number of likely N-dealkylation sites (tertiary alicyclic amines) is 1. The Hall–Kier alpha value is -2.16. The molecule has 1 heterocycles. The van der Waals surface area contributed by atoms with Gasteiger partial charge in [0.05, 0.1) is 16.4 Å². The van der Waals surface area contributed by atoms with Gasteiger partial charge in [-0.2, -0.15) is 13.2 Å². The molecule has 0 spiro atoms. The van der Waals surface area contributed by atoms with Crippen molar-refractivity contribution in [2.24, 2.45) is 10.8 Å². The highest BCUT2D eigenvalue weighted by Crippen LogP contribution is 2.68. The van der Waals surface area contributed by atoms with Crippen LogP contribution in [0, 0.1) is 16.6 Å². The fourth-order valence-electron chi connectivity index (χ4n) is 3.66. The van der Waals surface area contributed by atoms with E-state index in [1.54, 1.807) is 0 Å². The lowest BCUT2D eigenvalue weighted by molar-refractivity contribution is -0.151. The largest absolute Gasteiger partial charge is 0.481 e. The third-order valence-electron chi connectivity index (χ3n) is 4.95. The van der Waals surface area contributed by atoms with Crippen LogP contribution in [0.1, 0.15) is 17.5 Å². The molecule has 2 aliphatic rings. The fraction of sp³-hybridized carbons (Fsp3) is 0.467. The highest BCUT2D eigenvalue weighted by molar-refractivity contribution is 5.94. The zero-order valence-electron chi connectivity index (χ0n) is 12.2. The van der Waals surface area contributed by atoms with E-state index in [4.69, 9.17) is 0 Å². The van der Waals surface area contributed by atoms with Gasteiger partial charge in [0, 0.05) is 19.6 Å². The van der Waals surface area contributed by atoms with Crippen LogP contribution in [-0.2, 0) is 22.3 Å². The molecule has 0 radical (unpaired) electrons. The van der Waals surface area contributed by atoms with Gasteiger partial charge >= 0.3 is 18.1 Å². The van der Waals surface area contributed by atoms with Crippen molar-refractivity contribution in [2.45, 2.75) is 19.1 Å². The van der Waals surface area contributed by atoms with E-state index in [9.17, 15) is 37.4 Å². The predicted octanol–water partition coefficient (Wildman–Crippen LogP) is 2.21. The molecule has 2 atom stereocenters. The lowest BCUT2D eigenvalue weighted by atomic mass is 9.97. The second-order valence-corrected chi connectivity index (χ2v) is 6.41. The van der Waals surface area contributed by atoms with Crippen molar-refractivity contribution in [3.63, 3.8) is 0 Å². The molecule has 3 rings (SSSR count). The quantitative estimate of drug-likeness (QED) is 0.817. The minimum Gasteiger partial charge on any atom is -0.481 e. The van der Waals surface area contributed by atoms with E-state index in [1.807, 2.05) is 0 Å². The van der Waals surface area contributed by atoms with Gasteiger partial charge in [-0.05, 0) is 24.1 Å². The molecule has 1 saturated carbocycles. The summed E-state index contributed by atoms with van der Waals surface area (Å²) in [7, 11) is 0. The Labute approximate surface area is 133 Å². The molecule has 2 N–H and O–H groups in total. The molecule has 1 aliphatic heterocycles. The number of rotatable bonds is 4. The number of hydrogen-bond acceptors (Lipinski definition) is 3. The minimum absolute atomic E-state index is 0.0148. The first-order valence-corrected chi connectivity index (χ1v) is 7.07. The van der Waals surface area contributed by atoms with E-state index >= 15 is 0 Å². The van der Waals surface area contributed by atoms with Crippen molar-refractivity contribution < 1.29 is 37.4 Å². The average Bonchev–Trinajstić information content (AvgIpc) is 2.97. The van der Waals surface area contributed by atoms with Crippen LogP contribution in [0.5, 0.6) is 0 Å². The summed E-state index contributed by atoms with van der Waals surface area (Å²) in [4.78, 5) is 24.3. The van der Waals surface area contributed by atoms with Crippen LogP contribution < -0.4 is 0 Å². The first-order valence-electron chi connectivity index (χ1n) is 7.07. The van der Waals surface area contributed by atoms with Crippen LogP contribution in [0.4, 0.5) is 17.6 Å². The number of carbonyl (C=O) groups is 2. The van der Waals surface area contributed by atoms with Gasteiger partial charge in [-0.25, -0.2) is 4.39 Å². The molecule has 5 nitrogen and oxygen atoms in total. The number of halogens is 4. The molecule has 1 aromatic rings. The summed E-state index contributed by atoms with van der Waals surface area (Å²) in [6.45, 7) is -0.0757. The van der Waals surface area contributed by atoms with Crippen molar-refractivity contribution in [3.05, 3.63) is 35.1 Å². The SMILES string of the molecule is O=C(O)[C@@]12CN(Cc3ccc(C(F)(F)F)c(F)c3)C[C@]1(C(=O)O)C2. The highest BCUT2D eigenvalue weighted by Gasteiger charge is 2.80. The van der Waals surface area contributed by atoms with E-state index in [1.165, 1.54) is 4.90 Å². The van der Waals surface area contributed by atoms with Gasteiger partial charge in [-0.1, -0.05) is 6.07 Å². The average molecular weight is 347 g/mol. The van der Waals surface area contributed by atoms with Crippen molar-refractivity contribution in [3.8, 4) is 0 Å². The number of benzene rings is 1. The summed E-state index contributed by atoms with van der Waals surface area (Å²) in [6.07, 6.45) is -4.76. The molecule has 0 amide bonds. The van der Waals surface area contributed by atoms with E-state index in [0.29, 0.717) is 6.07 Å². The van der Waals surface area contributed by atoms with E-state index < -0.39 is 40.3 Å². The van der Waals surface area contributed by atoms with Gasteiger partial charge in [0.15, 0.2) is 0 Å². The molecule has 9 heteroatoms. The zero-order valence-corrected chi connectivity index (χ0v) is 12.2. The number of nitrogens with zero attached hydrogens (tertiary/aromatic N) is 1. The Kier molecular flexibility index (Phi) is 3.42. The smallest absolute Gasteiger partial charge is 0.419 e. The number of fused-ring (bicyclic) bond motifs is 1. The van der Waals surface area contributed by atoms with Crippen LogP contribution in [0.2, 0.25) is 0 Å². The Morgan fingerprint density at radius 1 is 1.12 bits per heavy atom. The normalized spacial score (nSPS) is 29.3. The first-order chi connectivity index (χ1) is 11.0. The molecule has 0 unspecified atom stereocenters. The standard InChI is InChI=1S/C15H13F4NO4/c16-10-3-8(1-2-9(10)15(17,18)19)4-20-6-13(11(21)22)5-14(13,7-20)12(23)24/h1-3H,4-7H2,(H,21,22)(H,23,24)/t13-,14+. The molecular weight excluding hydrogens is 334 g/mol. The van der Waals surface area contributed by atoms with Crippen molar-refractivity contribution in [2.75, 3.05) is 13.1 Å². The zero-order chi connectivity index (χ0) is 17.9. The lowest BCUT2D eigenvalue weighted by Crippen LogP contribution is -2.28. The van der Waals surface area contributed by atoms with Crippen LogP contribution >= 0.6 is 0 Å². The maximum atomic E-state index is 13.6. The number of alkyl halides is 3. The summed E-state index contributed by atoms with van der Waals surface area (Å²) >= 11 is 0. The van der Waals surface area contributed by atoms with Crippen LogP contribution in [0.15, 0.2) is 18.2 Å². The van der Waals surface area contributed by atoms with E-state index in [2.05, 4.69) is 0 Å². The van der Waals surface area contributed by atoms with Gasteiger partial charge in [0.2, 0.25) is 0 Å². The molecule has 0 aromatic heterocycles. The Bertz CT molecular complexity index is 707. The second kappa shape index (κ2) is 4.92. The number of carboxylic acid groups (broad SMARTS) is 2. The summed E-state index contributed by atoms with van der Waals surface area (Å²) in [5.74, 6) is -3.82. The van der Waals surface area contributed by atoms with Gasteiger partial charge in [0.25, 0.3) is 0 Å². The molecule has 2 fully saturated rings.